The Morgan fingerprint density at radius 1 is 1.04 bits per heavy atom. The molecule has 0 aliphatic carbocycles. The quantitative estimate of drug-likeness (QED) is 0.872. The molecule has 2 aromatic rings. The number of nitriles is 1. The fraction of sp³-hybridized carbons (Fsp3) is 0.300. The molecule has 0 atom stereocenters. The third kappa shape index (κ3) is 2.57. The zero-order valence-electron chi connectivity index (χ0n) is 13.5. The number of rotatable bonds is 3. The van der Waals surface area contributed by atoms with Gasteiger partial charge in [0.2, 0.25) is 0 Å². The van der Waals surface area contributed by atoms with Crippen LogP contribution >= 0.6 is 0 Å². The van der Waals surface area contributed by atoms with Crippen molar-refractivity contribution in [3.8, 4) is 6.07 Å². The van der Waals surface area contributed by atoms with E-state index in [1.165, 1.54) is 31.5 Å². The van der Waals surface area contributed by atoms with Gasteiger partial charge in [-0.05, 0) is 55.3 Å². The summed E-state index contributed by atoms with van der Waals surface area (Å²) in [7, 11) is 0. The van der Waals surface area contributed by atoms with Gasteiger partial charge in [0.15, 0.2) is 0 Å². The molecular weight excluding hydrogens is 298 g/mol. The SMILES string of the molecule is N#Cc1cccc2c1C(=O)N(c1ccc(CN3CCCC3)cc1)C2. The molecule has 4 nitrogen and oxygen atoms in total. The number of hydrogen-bond donors (Lipinski definition) is 0. The maximum Gasteiger partial charge on any atom is 0.260 e. The summed E-state index contributed by atoms with van der Waals surface area (Å²) >= 11 is 0. The van der Waals surface area contributed by atoms with Gasteiger partial charge in [-0.15, -0.1) is 0 Å². The van der Waals surface area contributed by atoms with Crippen LogP contribution in [-0.2, 0) is 13.1 Å². The molecule has 0 aromatic heterocycles. The van der Waals surface area contributed by atoms with E-state index in [9.17, 15) is 10.1 Å². The second kappa shape index (κ2) is 6.10. The third-order valence-electron chi connectivity index (χ3n) is 4.91. The van der Waals surface area contributed by atoms with Crippen LogP contribution < -0.4 is 4.90 Å². The Labute approximate surface area is 141 Å². The number of fused-ring (bicyclic) bond motifs is 1. The van der Waals surface area contributed by atoms with Crippen LogP contribution in [0.2, 0.25) is 0 Å². The minimum atomic E-state index is -0.0746. The molecule has 2 aromatic carbocycles. The number of amides is 1. The number of anilines is 1. The van der Waals surface area contributed by atoms with Crippen LogP contribution in [0, 0.1) is 11.3 Å². The summed E-state index contributed by atoms with van der Waals surface area (Å²) in [6, 6.07) is 15.8. The van der Waals surface area contributed by atoms with Crippen molar-refractivity contribution >= 4 is 11.6 Å². The van der Waals surface area contributed by atoms with Gasteiger partial charge in [-0.25, -0.2) is 0 Å². The van der Waals surface area contributed by atoms with Crippen LogP contribution in [0.1, 0.15) is 39.9 Å². The molecule has 0 saturated carbocycles. The van der Waals surface area contributed by atoms with E-state index in [0.717, 1.165) is 17.8 Å². The smallest absolute Gasteiger partial charge is 0.260 e. The average molecular weight is 317 g/mol. The Kier molecular flexibility index (Phi) is 3.79. The Morgan fingerprint density at radius 2 is 1.79 bits per heavy atom. The summed E-state index contributed by atoms with van der Waals surface area (Å²) in [5.74, 6) is -0.0746. The van der Waals surface area contributed by atoms with Gasteiger partial charge < -0.3 is 4.90 Å². The molecule has 0 unspecified atom stereocenters. The standard InChI is InChI=1S/C20H19N3O/c21-12-16-4-3-5-17-14-23(20(24)19(16)17)18-8-6-15(7-9-18)13-22-10-1-2-11-22/h3-9H,1-2,10-11,13-14H2. The summed E-state index contributed by atoms with van der Waals surface area (Å²) in [5, 5.41) is 9.22. The molecule has 0 N–H and O–H groups in total. The second-order valence-corrected chi connectivity index (χ2v) is 6.49. The van der Waals surface area contributed by atoms with Crippen LogP contribution in [-0.4, -0.2) is 23.9 Å². The van der Waals surface area contributed by atoms with Crippen LogP contribution in [0.3, 0.4) is 0 Å². The molecule has 1 saturated heterocycles. The zero-order chi connectivity index (χ0) is 16.5. The van der Waals surface area contributed by atoms with Gasteiger partial charge in [-0.3, -0.25) is 9.69 Å². The fourth-order valence-electron chi connectivity index (χ4n) is 3.64. The Bertz CT molecular complexity index is 814. The maximum atomic E-state index is 12.7. The highest BCUT2D eigenvalue weighted by Gasteiger charge is 2.30. The van der Waals surface area contributed by atoms with Crippen molar-refractivity contribution in [3.63, 3.8) is 0 Å². The van der Waals surface area contributed by atoms with Crippen LogP contribution in [0.4, 0.5) is 5.69 Å². The molecule has 120 valence electrons. The summed E-state index contributed by atoms with van der Waals surface area (Å²) in [6.07, 6.45) is 2.58. The van der Waals surface area contributed by atoms with E-state index in [-0.39, 0.29) is 5.91 Å². The molecule has 4 heteroatoms. The van der Waals surface area contributed by atoms with Crippen molar-refractivity contribution in [2.75, 3.05) is 18.0 Å². The minimum absolute atomic E-state index is 0.0746. The van der Waals surface area contributed by atoms with E-state index in [1.807, 2.05) is 24.3 Å². The van der Waals surface area contributed by atoms with E-state index >= 15 is 0 Å². The summed E-state index contributed by atoms with van der Waals surface area (Å²) in [5.41, 5.74) is 4.12. The summed E-state index contributed by atoms with van der Waals surface area (Å²) in [4.78, 5) is 16.9. The number of carbonyl (C=O) groups is 1. The molecule has 2 aliphatic rings. The Balaban J connectivity index is 1.55. The molecular formula is C20H19N3O. The summed E-state index contributed by atoms with van der Waals surface area (Å²) in [6.45, 7) is 3.87. The Morgan fingerprint density at radius 3 is 2.50 bits per heavy atom. The predicted molar refractivity (Wildman–Crippen MR) is 92.6 cm³/mol. The lowest BCUT2D eigenvalue weighted by atomic mass is 10.0. The first kappa shape index (κ1) is 14.9. The number of nitrogens with zero attached hydrogens (tertiary/aromatic N) is 3. The van der Waals surface area contributed by atoms with Gasteiger partial charge in [0.1, 0.15) is 0 Å². The van der Waals surface area contributed by atoms with Crippen LogP contribution in [0.25, 0.3) is 0 Å². The first-order valence-corrected chi connectivity index (χ1v) is 8.41. The first-order valence-electron chi connectivity index (χ1n) is 8.41. The average Bonchev–Trinajstić information content (AvgIpc) is 3.24. The molecule has 24 heavy (non-hydrogen) atoms. The zero-order valence-corrected chi connectivity index (χ0v) is 13.5. The topological polar surface area (TPSA) is 47.3 Å². The number of benzene rings is 2. The first-order chi connectivity index (χ1) is 11.8. The molecule has 2 heterocycles. The Hall–Kier alpha value is -2.64. The van der Waals surface area contributed by atoms with E-state index < -0.39 is 0 Å². The highest BCUT2D eigenvalue weighted by molar-refractivity contribution is 6.11. The van der Waals surface area contributed by atoms with Crippen molar-refractivity contribution < 1.29 is 4.79 Å². The largest absolute Gasteiger partial charge is 0.304 e. The van der Waals surface area contributed by atoms with E-state index in [4.69, 9.17) is 0 Å². The highest BCUT2D eigenvalue weighted by atomic mass is 16.2. The van der Waals surface area contributed by atoms with Gasteiger partial charge in [0, 0.05) is 12.2 Å². The van der Waals surface area contributed by atoms with E-state index in [2.05, 4.69) is 23.1 Å². The molecule has 1 amide bonds. The predicted octanol–water partition coefficient (Wildman–Crippen LogP) is 3.31. The third-order valence-corrected chi connectivity index (χ3v) is 4.91. The van der Waals surface area contributed by atoms with Crippen molar-refractivity contribution in [2.24, 2.45) is 0 Å². The van der Waals surface area contributed by atoms with E-state index in [0.29, 0.717) is 17.7 Å². The van der Waals surface area contributed by atoms with Crippen LogP contribution in [0.15, 0.2) is 42.5 Å². The highest BCUT2D eigenvalue weighted by Crippen LogP contribution is 2.30. The van der Waals surface area contributed by atoms with Crippen molar-refractivity contribution in [1.29, 1.82) is 5.26 Å². The monoisotopic (exact) mass is 317 g/mol. The second-order valence-electron chi connectivity index (χ2n) is 6.49. The molecule has 0 radical (unpaired) electrons. The maximum absolute atomic E-state index is 12.7. The number of hydrogen-bond acceptors (Lipinski definition) is 3. The molecule has 0 bridgehead atoms. The number of carbonyl (C=O) groups excluding carboxylic acids is 1. The van der Waals surface area contributed by atoms with Crippen molar-refractivity contribution in [1.82, 2.24) is 4.90 Å². The lowest BCUT2D eigenvalue weighted by Crippen LogP contribution is -2.23. The lowest BCUT2D eigenvalue weighted by Gasteiger charge is -2.18. The molecule has 1 fully saturated rings. The fourth-order valence-corrected chi connectivity index (χ4v) is 3.64. The van der Waals surface area contributed by atoms with Gasteiger partial charge >= 0.3 is 0 Å². The lowest BCUT2D eigenvalue weighted by molar-refractivity contribution is 0.0996. The normalized spacial score (nSPS) is 17.1. The van der Waals surface area contributed by atoms with Gasteiger partial charge in [0.05, 0.1) is 23.7 Å². The molecule has 0 spiro atoms. The number of likely N-dealkylation sites (tertiary alicyclic amines) is 1. The minimum Gasteiger partial charge on any atom is -0.304 e. The summed E-state index contributed by atoms with van der Waals surface area (Å²) < 4.78 is 0. The molecule has 2 aliphatic heterocycles. The van der Waals surface area contributed by atoms with Crippen molar-refractivity contribution in [3.05, 3.63) is 64.7 Å². The van der Waals surface area contributed by atoms with E-state index in [1.54, 1.807) is 11.0 Å². The van der Waals surface area contributed by atoms with Gasteiger partial charge in [0.25, 0.3) is 5.91 Å². The van der Waals surface area contributed by atoms with Crippen LogP contribution in [0.5, 0.6) is 0 Å². The van der Waals surface area contributed by atoms with Crippen molar-refractivity contribution in [2.45, 2.75) is 25.9 Å². The van der Waals surface area contributed by atoms with Gasteiger partial charge in [-0.1, -0.05) is 24.3 Å². The van der Waals surface area contributed by atoms with Gasteiger partial charge in [-0.2, -0.15) is 5.26 Å². The molecule has 4 rings (SSSR count).